The zero-order valence-electron chi connectivity index (χ0n) is 10.9. The summed E-state index contributed by atoms with van der Waals surface area (Å²) in [6, 6.07) is 2.29. The zero-order chi connectivity index (χ0) is 13.8. The van der Waals surface area contributed by atoms with Gasteiger partial charge in [0.2, 0.25) is 0 Å². The molecule has 0 aliphatic rings. The molecule has 2 nitrogen and oxygen atoms in total. The SMILES string of the molecule is CCNC(CC)C(C)c1cc(C(F)(F)F)ccn1. The molecular formula is C13H19F3N2. The van der Waals surface area contributed by atoms with Crippen LogP contribution >= 0.6 is 0 Å². The van der Waals surface area contributed by atoms with Crippen molar-refractivity contribution in [2.24, 2.45) is 0 Å². The van der Waals surface area contributed by atoms with Crippen LogP contribution in [-0.2, 0) is 6.18 Å². The third kappa shape index (κ3) is 3.70. The van der Waals surface area contributed by atoms with Crippen molar-refractivity contribution in [2.75, 3.05) is 6.54 Å². The summed E-state index contributed by atoms with van der Waals surface area (Å²) in [6.07, 6.45) is -2.22. The molecule has 0 fully saturated rings. The van der Waals surface area contributed by atoms with Crippen molar-refractivity contribution < 1.29 is 13.2 Å². The van der Waals surface area contributed by atoms with E-state index >= 15 is 0 Å². The Balaban J connectivity index is 2.95. The van der Waals surface area contributed by atoms with E-state index in [1.165, 1.54) is 6.20 Å². The van der Waals surface area contributed by atoms with Crippen LogP contribution < -0.4 is 5.32 Å². The number of rotatable bonds is 5. The molecule has 1 aromatic heterocycles. The van der Waals surface area contributed by atoms with Crippen molar-refractivity contribution >= 4 is 0 Å². The van der Waals surface area contributed by atoms with Crippen molar-refractivity contribution in [3.8, 4) is 0 Å². The maximum Gasteiger partial charge on any atom is 0.416 e. The summed E-state index contributed by atoms with van der Waals surface area (Å²) in [5, 5.41) is 3.27. The highest BCUT2D eigenvalue weighted by atomic mass is 19.4. The van der Waals surface area contributed by atoms with Crippen LogP contribution in [0.3, 0.4) is 0 Å². The molecule has 0 saturated carbocycles. The monoisotopic (exact) mass is 260 g/mol. The number of hydrogen-bond donors (Lipinski definition) is 1. The standard InChI is InChI=1S/C13H19F3N2/c1-4-11(17-5-2)9(3)12-8-10(6-7-18-12)13(14,15)16/h6-9,11,17H,4-5H2,1-3H3. The lowest BCUT2D eigenvalue weighted by Gasteiger charge is -2.23. The molecule has 0 aliphatic heterocycles. The van der Waals surface area contributed by atoms with E-state index in [1.807, 2.05) is 20.8 Å². The molecule has 0 bridgehead atoms. The van der Waals surface area contributed by atoms with E-state index in [4.69, 9.17) is 0 Å². The number of likely N-dealkylation sites (N-methyl/N-ethyl adjacent to an activating group) is 1. The molecule has 0 amide bonds. The molecule has 1 N–H and O–H groups in total. The highest BCUT2D eigenvalue weighted by molar-refractivity contribution is 5.22. The normalized spacial score (nSPS) is 15.4. The predicted octanol–water partition coefficient (Wildman–Crippen LogP) is 3.59. The molecule has 5 heteroatoms. The van der Waals surface area contributed by atoms with Crippen molar-refractivity contribution in [2.45, 2.75) is 45.3 Å². The minimum absolute atomic E-state index is 0.0442. The number of nitrogens with zero attached hydrogens (tertiary/aromatic N) is 1. The average molecular weight is 260 g/mol. The lowest BCUT2D eigenvalue weighted by atomic mass is 9.94. The Morgan fingerprint density at radius 1 is 1.33 bits per heavy atom. The van der Waals surface area contributed by atoms with Gasteiger partial charge in [-0.05, 0) is 25.1 Å². The first-order chi connectivity index (χ1) is 8.40. The van der Waals surface area contributed by atoms with Gasteiger partial charge in [-0.15, -0.1) is 0 Å². The Morgan fingerprint density at radius 3 is 2.50 bits per heavy atom. The summed E-state index contributed by atoms with van der Waals surface area (Å²) in [7, 11) is 0. The lowest BCUT2D eigenvalue weighted by Crippen LogP contribution is -2.33. The van der Waals surface area contributed by atoms with Gasteiger partial charge in [0.25, 0.3) is 0 Å². The number of hydrogen-bond acceptors (Lipinski definition) is 2. The van der Waals surface area contributed by atoms with E-state index < -0.39 is 11.7 Å². The van der Waals surface area contributed by atoms with Crippen LogP contribution in [0, 0.1) is 0 Å². The van der Waals surface area contributed by atoms with Gasteiger partial charge in [0.15, 0.2) is 0 Å². The van der Waals surface area contributed by atoms with Gasteiger partial charge in [-0.3, -0.25) is 4.98 Å². The first-order valence-electron chi connectivity index (χ1n) is 6.16. The molecule has 102 valence electrons. The first kappa shape index (κ1) is 15.0. The number of alkyl halides is 3. The van der Waals surface area contributed by atoms with Crippen LogP contribution in [0.5, 0.6) is 0 Å². The fourth-order valence-electron chi connectivity index (χ4n) is 2.02. The van der Waals surface area contributed by atoms with Gasteiger partial charge < -0.3 is 5.32 Å². The van der Waals surface area contributed by atoms with Gasteiger partial charge in [-0.25, -0.2) is 0 Å². The van der Waals surface area contributed by atoms with Gasteiger partial charge in [0, 0.05) is 23.9 Å². The largest absolute Gasteiger partial charge is 0.416 e. The predicted molar refractivity (Wildman–Crippen MR) is 65.4 cm³/mol. The van der Waals surface area contributed by atoms with Gasteiger partial charge in [-0.1, -0.05) is 20.8 Å². The molecule has 18 heavy (non-hydrogen) atoms. The summed E-state index contributed by atoms with van der Waals surface area (Å²) in [5.41, 5.74) is -0.150. The third-order valence-corrected chi connectivity index (χ3v) is 3.08. The van der Waals surface area contributed by atoms with E-state index in [0.717, 1.165) is 25.1 Å². The van der Waals surface area contributed by atoms with Crippen LogP contribution in [0.25, 0.3) is 0 Å². The summed E-state index contributed by atoms with van der Waals surface area (Å²) < 4.78 is 37.9. The van der Waals surface area contributed by atoms with Crippen molar-refractivity contribution in [3.63, 3.8) is 0 Å². The third-order valence-electron chi connectivity index (χ3n) is 3.08. The molecule has 0 radical (unpaired) electrons. The number of pyridine rings is 1. The number of aromatic nitrogens is 1. The van der Waals surface area contributed by atoms with Gasteiger partial charge in [0.05, 0.1) is 5.56 Å². The van der Waals surface area contributed by atoms with Crippen LogP contribution in [0.4, 0.5) is 13.2 Å². The topological polar surface area (TPSA) is 24.9 Å². The quantitative estimate of drug-likeness (QED) is 0.875. The molecule has 0 aliphatic carbocycles. The molecule has 1 heterocycles. The van der Waals surface area contributed by atoms with E-state index in [2.05, 4.69) is 10.3 Å². The van der Waals surface area contributed by atoms with E-state index in [-0.39, 0.29) is 12.0 Å². The zero-order valence-corrected chi connectivity index (χ0v) is 10.9. The minimum Gasteiger partial charge on any atom is -0.314 e. The van der Waals surface area contributed by atoms with Crippen LogP contribution in [-0.4, -0.2) is 17.6 Å². The van der Waals surface area contributed by atoms with Gasteiger partial charge in [0.1, 0.15) is 0 Å². The first-order valence-corrected chi connectivity index (χ1v) is 6.16. The van der Waals surface area contributed by atoms with Crippen LogP contribution in [0.15, 0.2) is 18.3 Å². The van der Waals surface area contributed by atoms with Crippen molar-refractivity contribution in [1.29, 1.82) is 0 Å². The Bertz CT molecular complexity index is 377. The van der Waals surface area contributed by atoms with E-state index in [0.29, 0.717) is 5.69 Å². The molecule has 1 aromatic rings. The second kappa shape index (κ2) is 6.18. The molecular weight excluding hydrogens is 241 g/mol. The maximum atomic E-state index is 12.6. The van der Waals surface area contributed by atoms with Crippen LogP contribution in [0.1, 0.15) is 44.4 Å². The Morgan fingerprint density at radius 2 is 2.00 bits per heavy atom. The lowest BCUT2D eigenvalue weighted by molar-refractivity contribution is -0.137. The maximum absolute atomic E-state index is 12.6. The van der Waals surface area contributed by atoms with Crippen molar-refractivity contribution in [3.05, 3.63) is 29.6 Å². The summed E-state index contributed by atoms with van der Waals surface area (Å²) >= 11 is 0. The molecule has 0 aromatic carbocycles. The minimum atomic E-state index is -4.31. The van der Waals surface area contributed by atoms with Crippen molar-refractivity contribution in [1.82, 2.24) is 10.3 Å². The fourth-order valence-corrected chi connectivity index (χ4v) is 2.02. The molecule has 2 atom stereocenters. The number of halogens is 3. The van der Waals surface area contributed by atoms with Gasteiger partial charge in [-0.2, -0.15) is 13.2 Å². The molecule has 2 unspecified atom stereocenters. The Kier molecular flexibility index (Phi) is 5.14. The average Bonchev–Trinajstić information content (AvgIpc) is 2.34. The molecule has 1 rings (SSSR count). The van der Waals surface area contributed by atoms with Gasteiger partial charge >= 0.3 is 6.18 Å². The number of nitrogens with one attached hydrogen (secondary N) is 1. The van der Waals surface area contributed by atoms with Crippen LogP contribution in [0.2, 0.25) is 0 Å². The molecule has 0 saturated heterocycles. The summed E-state index contributed by atoms with van der Waals surface area (Å²) in [5.74, 6) is -0.0442. The highest BCUT2D eigenvalue weighted by Gasteiger charge is 2.31. The second-order valence-electron chi connectivity index (χ2n) is 4.33. The van der Waals surface area contributed by atoms with E-state index in [9.17, 15) is 13.2 Å². The summed E-state index contributed by atoms with van der Waals surface area (Å²) in [4.78, 5) is 4.06. The second-order valence-corrected chi connectivity index (χ2v) is 4.33. The molecule has 0 spiro atoms. The summed E-state index contributed by atoms with van der Waals surface area (Å²) in [6.45, 7) is 6.69. The fraction of sp³-hybridized carbons (Fsp3) is 0.615. The Labute approximate surface area is 106 Å². The Hall–Kier alpha value is -1.10. The van der Waals surface area contributed by atoms with E-state index in [1.54, 1.807) is 0 Å². The highest BCUT2D eigenvalue weighted by Crippen LogP contribution is 2.31. The smallest absolute Gasteiger partial charge is 0.314 e.